The van der Waals surface area contributed by atoms with Crippen LogP contribution >= 0.6 is 0 Å². The summed E-state index contributed by atoms with van der Waals surface area (Å²) in [5.74, 6) is 1.94. The Morgan fingerprint density at radius 2 is 0.412 bits per heavy atom. The van der Waals surface area contributed by atoms with Crippen LogP contribution in [0.4, 0.5) is 0 Å². The average Bonchev–Trinajstić information content (AvgIpc) is 2.85. The Hall–Kier alpha value is 0. The molecule has 0 spiro atoms. The standard InChI is InChI=1S/C34H69/c1-4-7-10-13-16-19-20-21-24-27-30-33-34(31-28-25-22-17-14-11-8-5-2)32-29-26-23-18-15-12-9-6-3/h4-33H2,1-3H3. The SMILES string of the molecule is CCCCCCCCCCCCC[C](CCCCCCCCCC)CCCCCCCCCC. The lowest BCUT2D eigenvalue weighted by Gasteiger charge is -2.16. The van der Waals surface area contributed by atoms with Crippen LogP contribution in [0.5, 0.6) is 0 Å². The summed E-state index contributed by atoms with van der Waals surface area (Å²) in [6, 6.07) is 0. The molecule has 0 aromatic carbocycles. The minimum Gasteiger partial charge on any atom is -0.0654 e. The van der Waals surface area contributed by atoms with Crippen molar-refractivity contribution in [2.45, 2.75) is 213 Å². The molecule has 0 aliphatic rings. The second-order valence-corrected chi connectivity index (χ2v) is 11.5. The van der Waals surface area contributed by atoms with E-state index in [2.05, 4.69) is 20.8 Å². The molecule has 0 nitrogen and oxygen atoms in total. The minimum atomic E-state index is 1.37. The third-order valence-electron chi connectivity index (χ3n) is 7.90. The van der Waals surface area contributed by atoms with Gasteiger partial charge in [-0.05, 0) is 25.2 Å². The highest BCUT2D eigenvalue weighted by atomic mass is 14.1. The Morgan fingerprint density at radius 3 is 0.618 bits per heavy atom. The van der Waals surface area contributed by atoms with Gasteiger partial charge in [-0.1, -0.05) is 194 Å². The van der Waals surface area contributed by atoms with Crippen molar-refractivity contribution in [2.75, 3.05) is 0 Å². The fraction of sp³-hybridized carbons (Fsp3) is 0.971. The van der Waals surface area contributed by atoms with E-state index >= 15 is 0 Å². The first-order valence-corrected chi connectivity index (χ1v) is 16.7. The molecule has 0 atom stereocenters. The molecule has 0 aliphatic carbocycles. The smallest absolute Gasteiger partial charge is 0.0241 e. The van der Waals surface area contributed by atoms with Gasteiger partial charge >= 0.3 is 0 Å². The van der Waals surface area contributed by atoms with E-state index in [-0.39, 0.29) is 0 Å². The van der Waals surface area contributed by atoms with Gasteiger partial charge in [0, 0.05) is 0 Å². The second-order valence-electron chi connectivity index (χ2n) is 11.5. The summed E-state index contributed by atoms with van der Waals surface area (Å²) in [5.41, 5.74) is 0. The quantitative estimate of drug-likeness (QED) is 0.0902. The highest BCUT2D eigenvalue weighted by molar-refractivity contribution is 4.89. The van der Waals surface area contributed by atoms with E-state index in [9.17, 15) is 0 Å². The third-order valence-corrected chi connectivity index (χ3v) is 7.90. The zero-order chi connectivity index (χ0) is 24.8. The van der Waals surface area contributed by atoms with Crippen LogP contribution < -0.4 is 0 Å². The lowest BCUT2D eigenvalue weighted by atomic mass is 9.89. The molecule has 0 N–H and O–H groups in total. The maximum absolute atomic E-state index is 2.32. The van der Waals surface area contributed by atoms with E-state index in [0.717, 1.165) is 0 Å². The van der Waals surface area contributed by atoms with Crippen molar-refractivity contribution in [2.24, 2.45) is 0 Å². The second kappa shape index (κ2) is 31.0. The summed E-state index contributed by atoms with van der Waals surface area (Å²) < 4.78 is 0. The first-order chi connectivity index (χ1) is 16.8. The normalized spacial score (nSPS) is 11.6. The Bertz CT molecular complexity index is 313. The molecule has 0 bridgehead atoms. The van der Waals surface area contributed by atoms with Crippen molar-refractivity contribution in [1.82, 2.24) is 0 Å². The van der Waals surface area contributed by atoms with Crippen LogP contribution in [0.3, 0.4) is 0 Å². The van der Waals surface area contributed by atoms with Gasteiger partial charge in [0.2, 0.25) is 0 Å². The molecule has 0 saturated carbocycles. The van der Waals surface area contributed by atoms with Gasteiger partial charge in [0.25, 0.3) is 0 Å². The molecule has 1 radical (unpaired) electrons. The summed E-state index contributed by atoms with van der Waals surface area (Å²) in [4.78, 5) is 0. The van der Waals surface area contributed by atoms with E-state index in [1.807, 2.05) is 5.92 Å². The Kier molecular flexibility index (Phi) is 31.0. The highest BCUT2D eigenvalue weighted by Crippen LogP contribution is 2.26. The Balaban J connectivity index is 3.82. The van der Waals surface area contributed by atoms with Crippen LogP contribution in [0, 0.1) is 5.92 Å². The maximum Gasteiger partial charge on any atom is -0.0241 e. The average molecular weight is 478 g/mol. The largest absolute Gasteiger partial charge is 0.0654 e. The van der Waals surface area contributed by atoms with Gasteiger partial charge < -0.3 is 0 Å². The molecule has 0 saturated heterocycles. The number of rotatable bonds is 30. The van der Waals surface area contributed by atoms with Crippen molar-refractivity contribution in [3.63, 3.8) is 0 Å². The van der Waals surface area contributed by atoms with E-state index in [4.69, 9.17) is 0 Å². The molecule has 0 heterocycles. The Morgan fingerprint density at radius 1 is 0.235 bits per heavy atom. The van der Waals surface area contributed by atoms with Crippen molar-refractivity contribution >= 4 is 0 Å². The molecule has 0 heteroatoms. The van der Waals surface area contributed by atoms with Crippen LogP contribution in [0.1, 0.15) is 213 Å². The van der Waals surface area contributed by atoms with Crippen LogP contribution in [0.2, 0.25) is 0 Å². The first-order valence-electron chi connectivity index (χ1n) is 16.7. The van der Waals surface area contributed by atoms with Gasteiger partial charge in [0.1, 0.15) is 0 Å². The van der Waals surface area contributed by atoms with Crippen LogP contribution in [0.15, 0.2) is 0 Å². The molecule has 34 heavy (non-hydrogen) atoms. The van der Waals surface area contributed by atoms with Gasteiger partial charge in [-0.2, -0.15) is 0 Å². The lowest BCUT2D eigenvalue weighted by molar-refractivity contribution is 0.503. The zero-order valence-electron chi connectivity index (χ0n) is 24.7. The fourth-order valence-electron chi connectivity index (χ4n) is 5.43. The molecule has 0 fully saturated rings. The van der Waals surface area contributed by atoms with Gasteiger partial charge in [-0.3, -0.25) is 0 Å². The van der Waals surface area contributed by atoms with Gasteiger partial charge in [0.05, 0.1) is 0 Å². The van der Waals surface area contributed by atoms with Crippen molar-refractivity contribution in [3.05, 3.63) is 5.92 Å². The third kappa shape index (κ3) is 28.2. The molecule has 205 valence electrons. The molecular formula is C34H69. The molecule has 0 aromatic rings. The minimum absolute atomic E-state index is 1.37. The van der Waals surface area contributed by atoms with Gasteiger partial charge in [-0.15, -0.1) is 0 Å². The van der Waals surface area contributed by atoms with Crippen molar-refractivity contribution in [1.29, 1.82) is 0 Å². The van der Waals surface area contributed by atoms with Crippen molar-refractivity contribution in [3.8, 4) is 0 Å². The van der Waals surface area contributed by atoms with E-state index in [1.54, 1.807) is 0 Å². The van der Waals surface area contributed by atoms with Crippen molar-refractivity contribution < 1.29 is 0 Å². The predicted octanol–water partition coefficient (Wildman–Crippen LogP) is 13.3. The highest BCUT2D eigenvalue weighted by Gasteiger charge is 2.09. The Labute approximate surface area is 219 Å². The first kappa shape index (κ1) is 34.0. The molecule has 0 aromatic heterocycles. The summed E-state index contributed by atoms with van der Waals surface area (Å²) in [6.45, 7) is 6.95. The van der Waals surface area contributed by atoms with E-state index in [1.165, 1.54) is 193 Å². The van der Waals surface area contributed by atoms with E-state index in [0.29, 0.717) is 0 Å². The van der Waals surface area contributed by atoms with Crippen LogP contribution in [0.25, 0.3) is 0 Å². The van der Waals surface area contributed by atoms with Crippen LogP contribution in [-0.2, 0) is 0 Å². The summed E-state index contributed by atoms with van der Waals surface area (Å²) in [6.07, 6.45) is 43.8. The van der Waals surface area contributed by atoms with Crippen LogP contribution in [-0.4, -0.2) is 0 Å². The van der Waals surface area contributed by atoms with Gasteiger partial charge in [0.15, 0.2) is 0 Å². The topological polar surface area (TPSA) is 0 Å². The maximum atomic E-state index is 2.32. The number of hydrogen-bond acceptors (Lipinski definition) is 0. The predicted molar refractivity (Wildman–Crippen MR) is 159 cm³/mol. The summed E-state index contributed by atoms with van der Waals surface area (Å²) in [5, 5.41) is 0. The summed E-state index contributed by atoms with van der Waals surface area (Å²) in [7, 11) is 0. The number of hydrogen-bond donors (Lipinski definition) is 0. The fourth-order valence-corrected chi connectivity index (χ4v) is 5.43. The zero-order valence-corrected chi connectivity index (χ0v) is 24.7. The summed E-state index contributed by atoms with van der Waals surface area (Å²) >= 11 is 0. The monoisotopic (exact) mass is 478 g/mol. The molecule has 0 unspecified atom stereocenters. The number of unbranched alkanes of at least 4 members (excludes halogenated alkanes) is 24. The lowest BCUT2D eigenvalue weighted by Crippen LogP contribution is -1.99. The molecular weight excluding hydrogens is 408 g/mol. The molecule has 0 aliphatic heterocycles. The molecule has 0 amide bonds. The molecule has 0 rings (SSSR count). The van der Waals surface area contributed by atoms with Gasteiger partial charge in [-0.25, -0.2) is 0 Å². The van der Waals surface area contributed by atoms with E-state index < -0.39 is 0 Å².